The number of nitrogens with zero attached hydrogens (tertiary/aromatic N) is 4. The summed E-state index contributed by atoms with van der Waals surface area (Å²) in [5.41, 5.74) is 0.0863. The Bertz CT molecular complexity index is 1280. The highest BCUT2D eigenvalue weighted by atomic mass is 16.6. The average Bonchev–Trinajstić information content (AvgIpc) is 3.46. The van der Waals surface area contributed by atoms with Gasteiger partial charge < -0.3 is 34.4 Å². The fraction of sp³-hybridized carbons (Fsp3) is 0.500. The van der Waals surface area contributed by atoms with Crippen LogP contribution in [0.5, 0.6) is 0 Å². The molecule has 200 valence electrons. The van der Waals surface area contributed by atoms with Crippen LogP contribution >= 0.6 is 0 Å². The number of carbonyl (C=O) groups excluding carboxylic acids is 2. The van der Waals surface area contributed by atoms with Crippen molar-refractivity contribution in [3.8, 4) is 0 Å². The molecule has 3 atom stereocenters. The van der Waals surface area contributed by atoms with Crippen molar-refractivity contribution in [2.24, 2.45) is 0 Å². The zero-order valence-corrected chi connectivity index (χ0v) is 21.6. The number of fused-ring (bicyclic) bond motifs is 1. The van der Waals surface area contributed by atoms with Crippen molar-refractivity contribution in [1.82, 2.24) is 19.9 Å². The standard InChI is InChI=1S/C24H32N6O7/c1-24(2,3)37-23(33)29(4)18-11-17(26-15-9-10-36-19(15)22(32)35-6)28-20-13(12-25-30(18)20)21(31)27-14-7-8-16(14)34-5/h9-12,14,16,22,32H,7-8H2,1-6H3,(H,26,28)(H,27,31)/t14-,16-,22?/m0/s1. The number of hydrogen-bond acceptors (Lipinski definition) is 10. The van der Waals surface area contributed by atoms with Crippen molar-refractivity contribution in [3.05, 3.63) is 35.9 Å². The summed E-state index contributed by atoms with van der Waals surface area (Å²) in [7, 11) is 4.48. The first-order chi connectivity index (χ1) is 17.5. The number of carbonyl (C=O) groups is 2. The number of ether oxygens (including phenoxy) is 3. The van der Waals surface area contributed by atoms with E-state index in [9.17, 15) is 14.7 Å². The number of anilines is 3. The molecule has 3 heterocycles. The largest absolute Gasteiger partial charge is 0.462 e. The van der Waals surface area contributed by atoms with Crippen molar-refractivity contribution in [1.29, 1.82) is 0 Å². The quantitative estimate of drug-likeness (QED) is 0.381. The molecule has 0 saturated heterocycles. The number of aliphatic hydroxyl groups excluding tert-OH is 1. The highest BCUT2D eigenvalue weighted by molar-refractivity contribution is 6.00. The minimum Gasteiger partial charge on any atom is -0.462 e. The van der Waals surface area contributed by atoms with Crippen LogP contribution in [0.25, 0.3) is 5.65 Å². The molecule has 0 aromatic carbocycles. The number of methoxy groups -OCH3 is 2. The van der Waals surface area contributed by atoms with Gasteiger partial charge in [0.25, 0.3) is 5.91 Å². The zero-order chi connectivity index (χ0) is 26.9. The molecule has 13 nitrogen and oxygen atoms in total. The second-order valence-electron chi connectivity index (χ2n) is 9.68. The van der Waals surface area contributed by atoms with Gasteiger partial charge in [0.15, 0.2) is 11.4 Å². The predicted octanol–water partition coefficient (Wildman–Crippen LogP) is 2.98. The van der Waals surface area contributed by atoms with Gasteiger partial charge in [-0.15, -0.1) is 0 Å². The van der Waals surface area contributed by atoms with E-state index in [4.69, 9.17) is 18.6 Å². The van der Waals surface area contributed by atoms with Crippen LogP contribution in [0.1, 0.15) is 56.0 Å². The number of aromatic nitrogens is 3. The Morgan fingerprint density at radius 1 is 1.30 bits per heavy atom. The Morgan fingerprint density at radius 3 is 2.68 bits per heavy atom. The van der Waals surface area contributed by atoms with Crippen LogP contribution in [0.4, 0.5) is 22.1 Å². The number of amides is 2. The molecular weight excluding hydrogens is 484 g/mol. The van der Waals surface area contributed by atoms with Gasteiger partial charge in [-0.3, -0.25) is 9.69 Å². The molecule has 1 saturated carbocycles. The first-order valence-corrected chi connectivity index (χ1v) is 11.8. The lowest BCUT2D eigenvalue weighted by Crippen LogP contribution is -2.51. The minimum absolute atomic E-state index is 0.0448. The molecule has 0 spiro atoms. The van der Waals surface area contributed by atoms with E-state index >= 15 is 0 Å². The summed E-state index contributed by atoms with van der Waals surface area (Å²) in [6, 6.07) is 3.04. The number of nitrogens with one attached hydrogen (secondary N) is 2. The van der Waals surface area contributed by atoms with Crippen molar-refractivity contribution in [2.75, 3.05) is 31.5 Å². The number of aliphatic hydroxyl groups is 1. The van der Waals surface area contributed by atoms with E-state index in [1.807, 2.05) is 0 Å². The van der Waals surface area contributed by atoms with Gasteiger partial charge in [0.1, 0.15) is 22.8 Å². The van der Waals surface area contributed by atoms with Crippen LogP contribution in [-0.4, -0.2) is 70.7 Å². The maximum atomic E-state index is 13.1. The molecule has 0 aliphatic heterocycles. The lowest BCUT2D eigenvalue weighted by Gasteiger charge is -2.35. The Morgan fingerprint density at radius 2 is 2.05 bits per heavy atom. The summed E-state index contributed by atoms with van der Waals surface area (Å²) in [5.74, 6) is 0.317. The van der Waals surface area contributed by atoms with E-state index < -0.39 is 18.0 Å². The smallest absolute Gasteiger partial charge is 0.415 e. The molecule has 1 aliphatic rings. The molecule has 4 rings (SSSR count). The van der Waals surface area contributed by atoms with Crippen LogP contribution in [0.3, 0.4) is 0 Å². The summed E-state index contributed by atoms with van der Waals surface area (Å²) in [5, 5.41) is 20.4. The van der Waals surface area contributed by atoms with Gasteiger partial charge in [0, 0.05) is 33.4 Å². The fourth-order valence-electron chi connectivity index (χ4n) is 3.86. The number of hydrogen-bond donors (Lipinski definition) is 3. The van der Waals surface area contributed by atoms with Crippen molar-refractivity contribution in [3.63, 3.8) is 0 Å². The Balaban J connectivity index is 1.74. The molecule has 1 unspecified atom stereocenters. The SMILES string of the molecule is COC(O)c1occc1Nc1cc(N(C)C(=O)OC(C)(C)C)n2ncc(C(=O)N[C@H]3CC[C@@H]3OC)c2n1. The van der Waals surface area contributed by atoms with E-state index in [0.717, 1.165) is 12.8 Å². The average molecular weight is 517 g/mol. The van der Waals surface area contributed by atoms with Gasteiger partial charge in [-0.25, -0.2) is 9.78 Å². The van der Waals surface area contributed by atoms with Gasteiger partial charge in [0.05, 0.1) is 30.3 Å². The molecule has 0 bridgehead atoms. The zero-order valence-electron chi connectivity index (χ0n) is 21.6. The van der Waals surface area contributed by atoms with Gasteiger partial charge >= 0.3 is 6.09 Å². The normalized spacial score (nSPS) is 18.2. The summed E-state index contributed by atoms with van der Waals surface area (Å²) in [6.45, 7) is 5.29. The Labute approximate surface area is 213 Å². The number of furan rings is 1. The van der Waals surface area contributed by atoms with Gasteiger partial charge in [-0.2, -0.15) is 9.61 Å². The molecule has 0 radical (unpaired) electrons. The summed E-state index contributed by atoms with van der Waals surface area (Å²) < 4.78 is 22.6. The van der Waals surface area contributed by atoms with Gasteiger partial charge in [0.2, 0.25) is 6.29 Å². The van der Waals surface area contributed by atoms with Crippen molar-refractivity contribution >= 4 is 35.0 Å². The van der Waals surface area contributed by atoms with Gasteiger partial charge in [-0.05, 0) is 33.6 Å². The van der Waals surface area contributed by atoms with E-state index in [0.29, 0.717) is 5.69 Å². The van der Waals surface area contributed by atoms with Crippen LogP contribution < -0.4 is 15.5 Å². The molecule has 37 heavy (non-hydrogen) atoms. The van der Waals surface area contributed by atoms with E-state index in [1.54, 1.807) is 40.0 Å². The fourth-order valence-corrected chi connectivity index (χ4v) is 3.86. The van der Waals surface area contributed by atoms with E-state index in [1.165, 1.54) is 36.0 Å². The first-order valence-electron chi connectivity index (χ1n) is 11.8. The third-order valence-corrected chi connectivity index (χ3v) is 5.94. The molecule has 3 N–H and O–H groups in total. The van der Waals surface area contributed by atoms with E-state index in [2.05, 4.69) is 20.7 Å². The monoisotopic (exact) mass is 516 g/mol. The van der Waals surface area contributed by atoms with Crippen molar-refractivity contribution in [2.45, 2.75) is 57.6 Å². The molecule has 1 fully saturated rings. The van der Waals surface area contributed by atoms with Crippen LogP contribution in [0.2, 0.25) is 0 Å². The predicted molar refractivity (Wildman–Crippen MR) is 133 cm³/mol. The third-order valence-electron chi connectivity index (χ3n) is 5.94. The third kappa shape index (κ3) is 5.53. The van der Waals surface area contributed by atoms with Crippen LogP contribution in [0, 0.1) is 0 Å². The molecule has 1 aliphatic carbocycles. The van der Waals surface area contributed by atoms with Crippen LogP contribution in [-0.2, 0) is 14.2 Å². The maximum Gasteiger partial charge on any atom is 0.415 e. The molecule has 3 aromatic rings. The van der Waals surface area contributed by atoms with Crippen LogP contribution in [0.15, 0.2) is 29.0 Å². The lowest BCUT2D eigenvalue weighted by atomic mass is 9.89. The summed E-state index contributed by atoms with van der Waals surface area (Å²) in [4.78, 5) is 31.9. The topological polar surface area (TPSA) is 153 Å². The summed E-state index contributed by atoms with van der Waals surface area (Å²) >= 11 is 0. The molecular formula is C24H32N6O7. The molecule has 2 amide bonds. The molecule has 13 heteroatoms. The van der Waals surface area contributed by atoms with E-state index in [-0.39, 0.29) is 46.7 Å². The highest BCUT2D eigenvalue weighted by Crippen LogP contribution is 2.30. The maximum absolute atomic E-state index is 13.1. The second kappa shape index (κ2) is 10.4. The van der Waals surface area contributed by atoms with Gasteiger partial charge in [-0.1, -0.05) is 0 Å². The minimum atomic E-state index is -1.31. The first kappa shape index (κ1) is 26.4. The second-order valence-corrected chi connectivity index (χ2v) is 9.68. The lowest BCUT2D eigenvalue weighted by molar-refractivity contribution is -0.0896. The summed E-state index contributed by atoms with van der Waals surface area (Å²) in [6.07, 6.45) is 2.48. The Hall–Kier alpha value is -3.68. The highest BCUT2D eigenvalue weighted by Gasteiger charge is 2.33. The van der Waals surface area contributed by atoms with Crippen molar-refractivity contribution < 1.29 is 33.3 Å². The Kier molecular flexibility index (Phi) is 7.39. The number of rotatable bonds is 8. The molecule has 3 aromatic heterocycles.